The minimum absolute atomic E-state index is 0.0127. The Balaban J connectivity index is 1.87. The zero-order valence-electron chi connectivity index (χ0n) is 10.6. The van der Waals surface area contributed by atoms with Crippen LogP contribution in [-0.2, 0) is 11.2 Å². The van der Waals surface area contributed by atoms with Gasteiger partial charge in [-0.1, -0.05) is 23.4 Å². The number of nitrogens with zero attached hydrogens (tertiary/aromatic N) is 1. The summed E-state index contributed by atoms with van der Waals surface area (Å²) in [5.41, 5.74) is 2.70. The maximum absolute atomic E-state index is 11.7. The monoisotopic (exact) mass is 244 g/mol. The lowest BCUT2D eigenvalue weighted by atomic mass is 10.1. The van der Waals surface area contributed by atoms with Gasteiger partial charge in [-0.3, -0.25) is 4.79 Å². The minimum Gasteiger partial charge on any atom is -0.361 e. The van der Waals surface area contributed by atoms with Gasteiger partial charge in [0.05, 0.1) is 5.69 Å². The molecule has 0 saturated carbocycles. The number of hydrogen-bond acceptors (Lipinski definition) is 3. The molecule has 0 fully saturated rings. The molecule has 1 heterocycles. The van der Waals surface area contributed by atoms with Crippen LogP contribution in [0.25, 0.3) is 0 Å². The Bertz CT molecular complexity index is 532. The first-order valence-electron chi connectivity index (χ1n) is 5.93. The van der Waals surface area contributed by atoms with E-state index in [0.29, 0.717) is 12.8 Å². The molecule has 0 aliphatic carbocycles. The molecule has 4 heteroatoms. The highest BCUT2D eigenvalue weighted by Crippen LogP contribution is 2.13. The van der Waals surface area contributed by atoms with Gasteiger partial charge in [0.2, 0.25) is 5.91 Å². The highest BCUT2D eigenvalue weighted by Gasteiger charge is 2.10. The van der Waals surface area contributed by atoms with Gasteiger partial charge in [-0.2, -0.15) is 0 Å². The van der Waals surface area contributed by atoms with E-state index in [1.807, 2.05) is 44.2 Å². The van der Waals surface area contributed by atoms with E-state index < -0.39 is 0 Å². The second-order valence-corrected chi connectivity index (χ2v) is 4.22. The van der Waals surface area contributed by atoms with Crippen molar-refractivity contribution in [3.63, 3.8) is 0 Å². The largest absolute Gasteiger partial charge is 0.361 e. The molecule has 4 nitrogen and oxygen atoms in total. The Morgan fingerprint density at radius 3 is 2.61 bits per heavy atom. The summed E-state index contributed by atoms with van der Waals surface area (Å²) in [6, 6.07) is 9.42. The number of nitrogens with one attached hydrogen (secondary N) is 1. The van der Waals surface area contributed by atoms with E-state index in [1.165, 1.54) is 0 Å². The minimum atomic E-state index is -0.0127. The van der Waals surface area contributed by atoms with Crippen LogP contribution in [-0.4, -0.2) is 11.1 Å². The van der Waals surface area contributed by atoms with E-state index >= 15 is 0 Å². The van der Waals surface area contributed by atoms with Gasteiger partial charge in [-0.15, -0.1) is 0 Å². The van der Waals surface area contributed by atoms with Gasteiger partial charge in [-0.05, 0) is 26.0 Å². The topological polar surface area (TPSA) is 55.1 Å². The fourth-order valence-corrected chi connectivity index (χ4v) is 1.67. The van der Waals surface area contributed by atoms with Gasteiger partial charge >= 0.3 is 0 Å². The molecule has 1 amide bonds. The Morgan fingerprint density at radius 1 is 1.28 bits per heavy atom. The van der Waals surface area contributed by atoms with Gasteiger partial charge in [0.1, 0.15) is 5.76 Å². The zero-order chi connectivity index (χ0) is 13.0. The zero-order valence-corrected chi connectivity index (χ0v) is 10.6. The molecular weight excluding hydrogens is 228 g/mol. The van der Waals surface area contributed by atoms with E-state index in [-0.39, 0.29) is 5.91 Å². The number of aryl methyl sites for hydroxylation is 2. The van der Waals surface area contributed by atoms with Crippen LogP contribution in [0, 0.1) is 13.8 Å². The molecule has 0 bridgehead atoms. The summed E-state index contributed by atoms with van der Waals surface area (Å²) >= 11 is 0. The van der Waals surface area contributed by atoms with Crippen LogP contribution in [0.1, 0.15) is 23.4 Å². The molecule has 2 rings (SSSR count). The third-order valence-corrected chi connectivity index (χ3v) is 2.90. The van der Waals surface area contributed by atoms with Crippen LogP contribution in [0.4, 0.5) is 5.69 Å². The lowest BCUT2D eigenvalue weighted by Gasteiger charge is -2.03. The van der Waals surface area contributed by atoms with Crippen molar-refractivity contribution < 1.29 is 9.32 Å². The molecule has 0 aliphatic heterocycles. The Morgan fingerprint density at radius 2 is 2.00 bits per heavy atom. The van der Waals surface area contributed by atoms with Gasteiger partial charge in [0.15, 0.2) is 0 Å². The molecule has 0 aliphatic rings. The highest BCUT2D eigenvalue weighted by atomic mass is 16.5. The van der Waals surface area contributed by atoms with E-state index in [4.69, 9.17) is 4.52 Å². The number of hydrogen-bond donors (Lipinski definition) is 1. The summed E-state index contributed by atoms with van der Waals surface area (Å²) in [6.07, 6.45) is 1.00. The molecule has 0 saturated heterocycles. The van der Waals surface area contributed by atoms with Crippen molar-refractivity contribution in [1.82, 2.24) is 5.16 Å². The van der Waals surface area contributed by atoms with Crippen molar-refractivity contribution in [2.75, 3.05) is 5.32 Å². The van der Waals surface area contributed by atoms with Crippen LogP contribution in [0.15, 0.2) is 34.9 Å². The third kappa shape index (κ3) is 2.97. The smallest absolute Gasteiger partial charge is 0.224 e. The molecule has 0 unspecified atom stereocenters. The predicted molar refractivity (Wildman–Crippen MR) is 69.4 cm³/mol. The standard InChI is InChI=1S/C14H16N2O2/c1-10-11(2)18-16-13(10)8-9-14(17)15-12-6-4-3-5-7-12/h3-7H,8-9H2,1-2H3,(H,15,17). The van der Waals surface area contributed by atoms with Crippen molar-refractivity contribution in [2.24, 2.45) is 0 Å². The lowest BCUT2D eigenvalue weighted by Crippen LogP contribution is -2.12. The van der Waals surface area contributed by atoms with Crippen LogP contribution in [0.5, 0.6) is 0 Å². The molecule has 1 aromatic heterocycles. The predicted octanol–water partition coefficient (Wildman–Crippen LogP) is 2.86. The summed E-state index contributed by atoms with van der Waals surface area (Å²) in [6.45, 7) is 3.83. The molecule has 1 aromatic carbocycles. The quantitative estimate of drug-likeness (QED) is 0.899. The average Bonchev–Trinajstić information content (AvgIpc) is 2.69. The summed E-state index contributed by atoms with van der Waals surface area (Å²) < 4.78 is 5.06. The van der Waals surface area contributed by atoms with E-state index in [2.05, 4.69) is 10.5 Å². The molecule has 94 valence electrons. The molecule has 18 heavy (non-hydrogen) atoms. The van der Waals surface area contributed by atoms with Crippen LogP contribution >= 0.6 is 0 Å². The number of para-hydroxylation sites is 1. The van der Waals surface area contributed by atoms with Crippen LogP contribution in [0.3, 0.4) is 0 Å². The molecule has 1 N–H and O–H groups in total. The Labute approximate surface area is 106 Å². The highest BCUT2D eigenvalue weighted by molar-refractivity contribution is 5.90. The second kappa shape index (κ2) is 5.49. The number of carbonyl (C=O) groups is 1. The maximum atomic E-state index is 11.7. The molecule has 2 aromatic rings. The van der Waals surface area contributed by atoms with Gasteiger partial charge in [-0.25, -0.2) is 0 Å². The number of rotatable bonds is 4. The summed E-state index contributed by atoms with van der Waals surface area (Å²) in [5, 5.41) is 6.78. The lowest BCUT2D eigenvalue weighted by molar-refractivity contribution is -0.116. The first-order valence-corrected chi connectivity index (χ1v) is 5.93. The van der Waals surface area contributed by atoms with E-state index in [9.17, 15) is 4.79 Å². The average molecular weight is 244 g/mol. The third-order valence-electron chi connectivity index (χ3n) is 2.90. The summed E-state index contributed by atoms with van der Waals surface area (Å²) in [7, 11) is 0. The van der Waals surface area contributed by atoms with Crippen molar-refractivity contribution in [3.8, 4) is 0 Å². The van der Waals surface area contributed by atoms with Gasteiger partial charge in [0, 0.05) is 24.1 Å². The maximum Gasteiger partial charge on any atom is 0.224 e. The van der Waals surface area contributed by atoms with E-state index in [1.54, 1.807) is 0 Å². The van der Waals surface area contributed by atoms with Crippen molar-refractivity contribution in [3.05, 3.63) is 47.3 Å². The summed E-state index contributed by atoms with van der Waals surface area (Å²) in [4.78, 5) is 11.7. The number of carbonyl (C=O) groups excluding carboxylic acids is 1. The molecule has 0 atom stereocenters. The SMILES string of the molecule is Cc1onc(CCC(=O)Nc2ccccc2)c1C. The molecule has 0 radical (unpaired) electrons. The van der Waals surface area contributed by atoms with Crippen LogP contribution in [0.2, 0.25) is 0 Å². The number of anilines is 1. The van der Waals surface area contributed by atoms with Gasteiger partial charge in [0.25, 0.3) is 0 Å². The molecular formula is C14H16N2O2. The first-order chi connectivity index (χ1) is 8.66. The van der Waals surface area contributed by atoms with Crippen molar-refractivity contribution in [2.45, 2.75) is 26.7 Å². The Kier molecular flexibility index (Phi) is 3.77. The van der Waals surface area contributed by atoms with Crippen molar-refractivity contribution in [1.29, 1.82) is 0 Å². The number of amides is 1. The van der Waals surface area contributed by atoms with Gasteiger partial charge < -0.3 is 9.84 Å². The second-order valence-electron chi connectivity index (χ2n) is 4.22. The fourth-order valence-electron chi connectivity index (χ4n) is 1.67. The Hall–Kier alpha value is -2.10. The molecule has 0 spiro atoms. The number of aromatic nitrogens is 1. The number of benzene rings is 1. The first kappa shape index (κ1) is 12.4. The fraction of sp³-hybridized carbons (Fsp3) is 0.286. The van der Waals surface area contributed by atoms with Crippen molar-refractivity contribution >= 4 is 11.6 Å². The van der Waals surface area contributed by atoms with Crippen LogP contribution < -0.4 is 5.32 Å². The van der Waals surface area contributed by atoms with E-state index in [0.717, 1.165) is 22.7 Å². The summed E-state index contributed by atoms with van der Waals surface area (Å²) in [5.74, 6) is 0.801. The normalized spacial score (nSPS) is 10.3.